The molecule has 0 N–H and O–H groups in total. The van der Waals surface area contributed by atoms with Crippen LogP contribution in [0.3, 0.4) is 0 Å². The largest absolute Gasteiger partial charge is 0.460 e. The third-order valence-corrected chi connectivity index (χ3v) is 4.40. The number of rotatable bonds is 32. The second-order valence-corrected chi connectivity index (χ2v) is 9.09. The SMILES string of the molecule is CC(C)(C)OC(=O)CCOCCOCCOCCOCCOCCOCCOCCOCCOCCOCC=O. The van der Waals surface area contributed by atoms with Gasteiger partial charge in [0.1, 0.15) is 18.5 Å². The van der Waals surface area contributed by atoms with E-state index in [0.29, 0.717) is 132 Å². The van der Waals surface area contributed by atoms with E-state index in [1.54, 1.807) is 0 Å². The Labute approximate surface area is 239 Å². The summed E-state index contributed by atoms with van der Waals surface area (Å²) in [6.07, 6.45) is 0.939. The molecule has 0 amide bonds. The first kappa shape index (κ1) is 38.7. The van der Waals surface area contributed by atoms with E-state index in [9.17, 15) is 9.59 Å². The van der Waals surface area contributed by atoms with Gasteiger partial charge < -0.3 is 56.9 Å². The molecular formula is C27H52O13. The summed E-state index contributed by atoms with van der Waals surface area (Å²) in [7, 11) is 0. The zero-order chi connectivity index (χ0) is 29.4. The van der Waals surface area contributed by atoms with E-state index >= 15 is 0 Å². The van der Waals surface area contributed by atoms with Gasteiger partial charge in [-0.15, -0.1) is 0 Å². The van der Waals surface area contributed by atoms with Gasteiger partial charge in [0.05, 0.1) is 132 Å². The van der Waals surface area contributed by atoms with Gasteiger partial charge in [-0.25, -0.2) is 0 Å². The molecule has 0 radical (unpaired) electrons. The Hall–Kier alpha value is -1.26. The molecule has 40 heavy (non-hydrogen) atoms. The van der Waals surface area contributed by atoms with E-state index in [0.717, 1.165) is 0 Å². The molecule has 0 aromatic rings. The summed E-state index contributed by atoms with van der Waals surface area (Å²) in [5, 5.41) is 0. The lowest BCUT2D eigenvalue weighted by atomic mass is 10.2. The average molecular weight is 585 g/mol. The summed E-state index contributed by atoms with van der Waals surface area (Å²) in [4.78, 5) is 21.6. The van der Waals surface area contributed by atoms with Crippen LogP contribution in [0.1, 0.15) is 27.2 Å². The first-order chi connectivity index (χ1) is 19.5. The first-order valence-corrected chi connectivity index (χ1v) is 13.9. The van der Waals surface area contributed by atoms with Crippen molar-refractivity contribution in [2.75, 3.05) is 132 Å². The van der Waals surface area contributed by atoms with Crippen LogP contribution in [0.2, 0.25) is 0 Å². The topological polar surface area (TPSA) is 136 Å². The van der Waals surface area contributed by atoms with E-state index in [-0.39, 0.29) is 19.0 Å². The highest BCUT2D eigenvalue weighted by Gasteiger charge is 2.15. The molecule has 0 unspecified atom stereocenters. The predicted octanol–water partition coefficient (Wildman–Crippen LogP) is 1.08. The van der Waals surface area contributed by atoms with Crippen LogP contribution in [0, 0.1) is 0 Å². The lowest BCUT2D eigenvalue weighted by Gasteiger charge is -2.19. The van der Waals surface area contributed by atoms with E-state index in [2.05, 4.69) is 0 Å². The van der Waals surface area contributed by atoms with Crippen molar-refractivity contribution in [1.29, 1.82) is 0 Å². The van der Waals surface area contributed by atoms with Crippen LogP contribution in [-0.4, -0.2) is 150 Å². The van der Waals surface area contributed by atoms with Crippen LogP contribution < -0.4 is 0 Å². The number of aldehydes is 1. The van der Waals surface area contributed by atoms with Crippen molar-refractivity contribution in [1.82, 2.24) is 0 Å². The third kappa shape index (κ3) is 34.8. The van der Waals surface area contributed by atoms with Crippen molar-refractivity contribution in [3.63, 3.8) is 0 Å². The zero-order valence-electron chi connectivity index (χ0n) is 24.7. The molecule has 0 rings (SSSR count). The maximum atomic E-state index is 11.5. The summed E-state index contributed by atoms with van der Waals surface area (Å²) >= 11 is 0. The van der Waals surface area contributed by atoms with Crippen LogP contribution in [0.15, 0.2) is 0 Å². The fourth-order valence-electron chi connectivity index (χ4n) is 2.66. The van der Waals surface area contributed by atoms with Crippen molar-refractivity contribution in [2.24, 2.45) is 0 Å². The number of hydrogen-bond donors (Lipinski definition) is 0. The number of hydrogen-bond acceptors (Lipinski definition) is 13. The van der Waals surface area contributed by atoms with Crippen LogP contribution in [0.5, 0.6) is 0 Å². The van der Waals surface area contributed by atoms with Gasteiger partial charge in [-0.2, -0.15) is 0 Å². The van der Waals surface area contributed by atoms with E-state index in [1.165, 1.54) is 0 Å². The van der Waals surface area contributed by atoms with Gasteiger partial charge >= 0.3 is 5.97 Å². The van der Waals surface area contributed by atoms with Crippen LogP contribution in [0.4, 0.5) is 0 Å². The highest BCUT2D eigenvalue weighted by Crippen LogP contribution is 2.08. The predicted molar refractivity (Wildman–Crippen MR) is 145 cm³/mol. The minimum atomic E-state index is -0.473. The van der Waals surface area contributed by atoms with Gasteiger partial charge in [-0.05, 0) is 20.8 Å². The Morgan fingerprint density at radius 1 is 0.450 bits per heavy atom. The van der Waals surface area contributed by atoms with Gasteiger partial charge in [0, 0.05) is 0 Å². The molecule has 0 fully saturated rings. The average Bonchev–Trinajstić information content (AvgIpc) is 2.90. The Kier molecular flexibility index (Phi) is 29.7. The molecular weight excluding hydrogens is 532 g/mol. The van der Waals surface area contributed by atoms with Gasteiger partial charge in [0.15, 0.2) is 0 Å². The first-order valence-electron chi connectivity index (χ1n) is 13.9. The van der Waals surface area contributed by atoms with Crippen LogP contribution in [0.25, 0.3) is 0 Å². The summed E-state index contributed by atoms with van der Waals surface area (Å²) < 4.78 is 58.7. The minimum absolute atomic E-state index is 0.0968. The fraction of sp³-hybridized carbons (Fsp3) is 0.926. The molecule has 0 aromatic heterocycles. The summed E-state index contributed by atoms with van der Waals surface area (Å²) in [5.74, 6) is -0.267. The molecule has 0 heterocycles. The fourth-order valence-corrected chi connectivity index (χ4v) is 2.66. The number of carbonyl (C=O) groups is 2. The maximum absolute atomic E-state index is 11.5. The highest BCUT2D eigenvalue weighted by atomic mass is 16.6. The van der Waals surface area contributed by atoms with Crippen molar-refractivity contribution in [3.8, 4) is 0 Å². The molecule has 13 nitrogen and oxygen atoms in total. The van der Waals surface area contributed by atoms with E-state index in [1.807, 2.05) is 20.8 Å². The molecule has 13 heteroatoms. The van der Waals surface area contributed by atoms with Crippen molar-refractivity contribution in [2.45, 2.75) is 32.8 Å². The molecule has 238 valence electrons. The smallest absolute Gasteiger partial charge is 0.308 e. The van der Waals surface area contributed by atoms with Gasteiger partial charge in [-0.1, -0.05) is 0 Å². The maximum Gasteiger partial charge on any atom is 0.308 e. The molecule has 0 spiro atoms. The molecule has 0 saturated heterocycles. The summed E-state index contributed by atoms with van der Waals surface area (Å²) in [5.41, 5.74) is -0.473. The zero-order valence-corrected chi connectivity index (χ0v) is 24.7. The number of esters is 1. The second kappa shape index (κ2) is 30.7. The third-order valence-electron chi connectivity index (χ3n) is 4.40. The Bertz CT molecular complexity index is 543. The quantitative estimate of drug-likeness (QED) is 0.0634. The molecule has 0 aliphatic heterocycles. The summed E-state index contributed by atoms with van der Waals surface area (Å²) in [6, 6.07) is 0. The normalized spacial score (nSPS) is 11.7. The van der Waals surface area contributed by atoms with Gasteiger partial charge in [0.2, 0.25) is 0 Å². The van der Waals surface area contributed by atoms with Gasteiger partial charge in [0.25, 0.3) is 0 Å². The Morgan fingerprint density at radius 2 is 0.700 bits per heavy atom. The minimum Gasteiger partial charge on any atom is -0.460 e. The van der Waals surface area contributed by atoms with Crippen LogP contribution in [-0.2, 0) is 61.7 Å². The Balaban J connectivity index is 3.09. The molecule has 0 aliphatic rings. The van der Waals surface area contributed by atoms with E-state index in [4.69, 9.17) is 52.1 Å². The molecule has 0 atom stereocenters. The lowest BCUT2D eigenvalue weighted by molar-refractivity contribution is -0.156. The second-order valence-electron chi connectivity index (χ2n) is 9.09. The van der Waals surface area contributed by atoms with Gasteiger partial charge in [-0.3, -0.25) is 4.79 Å². The molecule has 0 aromatic carbocycles. The monoisotopic (exact) mass is 584 g/mol. The van der Waals surface area contributed by atoms with Crippen molar-refractivity contribution >= 4 is 12.3 Å². The van der Waals surface area contributed by atoms with Crippen molar-refractivity contribution < 1.29 is 61.7 Å². The van der Waals surface area contributed by atoms with E-state index < -0.39 is 5.60 Å². The number of carbonyl (C=O) groups excluding carboxylic acids is 2. The molecule has 0 saturated carbocycles. The standard InChI is InChI=1S/C27H52O13/c1-27(2,3)40-26(29)4-6-30-8-10-32-12-14-34-16-18-36-20-22-38-24-25-39-23-21-37-19-17-35-15-13-33-11-9-31-7-5-28/h5H,4,6-25H2,1-3H3. The molecule has 0 aliphatic carbocycles. The molecule has 0 bridgehead atoms. The lowest BCUT2D eigenvalue weighted by Crippen LogP contribution is -2.24. The highest BCUT2D eigenvalue weighted by molar-refractivity contribution is 5.69. The van der Waals surface area contributed by atoms with Crippen LogP contribution >= 0.6 is 0 Å². The Morgan fingerprint density at radius 3 is 0.950 bits per heavy atom. The summed E-state index contributed by atoms with van der Waals surface area (Å²) in [6.45, 7) is 14.4. The van der Waals surface area contributed by atoms with Crippen molar-refractivity contribution in [3.05, 3.63) is 0 Å². The number of ether oxygens (including phenoxy) is 11.